The SMILES string of the molecule is CN(C)CC(=O)N1CCCC2(CCCN2Cc2ccncc2)C1. The van der Waals surface area contributed by atoms with Gasteiger partial charge in [0, 0.05) is 37.6 Å². The molecule has 1 aromatic rings. The van der Waals surface area contributed by atoms with Crippen LogP contribution in [0.5, 0.6) is 0 Å². The summed E-state index contributed by atoms with van der Waals surface area (Å²) in [5.41, 5.74) is 1.50. The van der Waals surface area contributed by atoms with Crippen LogP contribution in [0.3, 0.4) is 0 Å². The van der Waals surface area contributed by atoms with E-state index in [1.165, 1.54) is 24.8 Å². The predicted molar refractivity (Wildman–Crippen MR) is 91.0 cm³/mol. The zero-order chi connectivity index (χ0) is 16.3. The number of hydrogen-bond acceptors (Lipinski definition) is 4. The van der Waals surface area contributed by atoms with Crippen molar-refractivity contribution in [2.75, 3.05) is 40.3 Å². The number of nitrogens with zero attached hydrogens (tertiary/aromatic N) is 4. The lowest BCUT2D eigenvalue weighted by atomic mass is 9.86. The number of hydrogen-bond donors (Lipinski definition) is 0. The van der Waals surface area contributed by atoms with Gasteiger partial charge in [-0.1, -0.05) is 0 Å². The Bertz CT molecular complexity index is 533. The lowest BCUT2D eigenvalue weighted by molar-refractivity contribution is -0.135. The van der Waals surface area contributed by atoms with Gasteiger partial charge in [-0.25, -0.2) is 0 Å². The zero-order valence-electron chi connectivity index (χ0n) is 14.4. The van der Waals surface area contributed by atoms with Crippen molar-refractivity contribution in [1.29, 1.82) is 0 Å². The Morgan fingerprint density at radius 3 is 2.61 bits per heavy atom. The zero-order valence-corrected chi connectivity index (χ0v) is 14.4. The number of carbonyl (C=O) groups excluding carboxylic acids is 1. The van der Waals surface area contributed by atoms with E-state index in [0.717, 1.165) is 32.6 Å². The molecule has 126 valence electrons. The molecule has 5 heteroatoms. The fraction of sp³-hybridized carbons (Fsp3) is 0.667. The molecule has 1 aromatic heterocycles. The normalized spacial score (nSPS) is 25.4. The molecule has 2 aliphatic rings. The van der Waals surface area contributed by atoms with E-state index in [0.29, 0.717) is 6.54 Å². The molecule has 1 amide bonds. The minimum atomic E-state index is 0.184. The van der Waals surface area contributed by atoms with Crippen LogP contribution in [0, 0.1) is 0 Å². The van der Waals surface area contributed by atoms with E-state index in [1.54, 1.807) is 0 Å². The molecule has 0 aromatic carbocycles. The first-order valence-electron chi connectivity index (χ1n) is 8.66. The summed E-state index contributed by atoms with van der Waals surface area (Å²) < 4.78 is 0. The Morgan fingerprint density at radius 1 is 1.22 bits per heavy atom. The van der Waals surface area contributed by atoms with Crippen molar-refractivity contribution >= 4 is 5.91 Å². The van der Waals surface area contributed by atoms with Crippen LogP contribution in [0.4, 0.5) is 0 Å². The van der Waals surface area contributed by atoms with Gasteiger partial charge in [-0.05, 0) is 64.0 Å². The Morgan fingerprint density at radius 2 is 1.91 bits per heavy atom. The fourth-order valence-corrected chi connectivity index (χ4v) is 4.11. The first kappa shape index (κ1) is 16.4. The number of rotatable bonds is 4. The lowest BCUT2D eigenvalue weighted by Crippen LogP contribution is -2.57. The van der Waals surface area contributed by atoms with Crippen molar-refractivity contribution in [2.24, 2.45) is 0 Å². The van der Waals surface area contributed by atoms with E-state index in [4.69, 9.17) is 0 Å². The Kier molecular flexibility index (Phi) is 4.97. The van der Waals surface area contributed by atoms with Crippen molar-refractivity contribution in [3.63, 3.8) is 0 Å². The summed E-state index contributed by atoms with van der Waals surface area (Å²) in [6.07, 6.45) is 8.51. The van der Waals surface area contributed by atoms with Crippen LogP contribution < -0.4 is 0 Å². The second kappa shape index (κ2) is 6.97. The summed E-state index contributed by atoms with van der Waals surface area (Å²) in [5, 5.41) is 0. The maximum atomic E-state index is 12.5. The number of amides is 1. The predicted octanol–water partition coefficient (Wildman–Crippen LogP) is 1.60. The van der Waals surface area contributed by atoms with Crippen LogP contribution in [-0.2, 0) is 11.3 Å². The van der Waals surface area contributed by atoms with Gasteiger partial charge < -0.3 is 9.80 Å². The van der Waals surface area contributed by atoms with Crippen molar-refractivity contribution in [3.05, 3.63) is 30.1 Å². The second-order valence-electron chi connectivity index (χ2n) is 7.26. The molecule has 0 aliphatic carbocycles. The summed E-state index contributed by atoms with van der Waals surface area (Å²) in [6, 6.07) is 4.20. The summed E-state index contributed by atoms with van der Waals surface area (Å²) in [4.78, 5) is 23.2. The van der Waals surface area contributed by atoms with E-state index in [-0.39, 0.29) is 11.4 Å². The van der Waals surface area contributed by atoms with Gasteiger partial charge >= 0.3 is 0 Å². The van der Waals surface area contributed by atoms with E-state index >= 15 is 0 Å². The molecule has 2 fully saturated rings. The molecule has 23 heavy (non-hydrogen) atoms. The number of likely N-dealkylation sites (tertiary alicyclic amines) is 2. The number of likely N-dealkylation sites (N-methyl/N-ethyl adjacent to an activating group) is 1. The summed E-state index contributed by atoms with van der Waals surface area (Å²) in [6.45, 7) is 4.43. The molecular weight excluding hydrogens is 288 g/mol. The third-order valence-corrected chi connectivity index (χ3v) is 5.22. The monoisotopic (exact) mass is 316 g/mol. The average Bonchev–Trinajstić information content (AvgIpc) is 2.89. The standard InChI is InChI=1S/C18H28N4O/c1-20(2)14-17(23)21-11-3-7-18(15-21)8-4-12-22(18)13-16-5-9-19-10-6-16/h5-6,9-10H,3-4,7-8,11-15H2,1-2H3. The van der Waals surface area contributed by atoms with Crippen LogP contribution in [0.15, 0.2) is 24.5 Å². The van der Waals surface area contributed by atoms with Crippen LogP contribution in [-0.4, -0.2) is 71.4 Å². The highest BCUT2D eigenvalue weighted by atomic mass is 16.2. The molecule has 0 N–H and O–H groups in total. The van der Waals surface area contributed by atoms with Crippen molar-refractivity contribution in [2.45, 2.75) is 37.8 Å². The topological polar surface area (TPSA) is 39.7 Å². The van der Waals surface area contributed by atoms with E-state index in [2.05, 4.69) is 26.9 Å². The highest BCUT2D eigenvalue weighted by Crippen LogP contribution is 2.38. The van der Waals surface area contributed by atoms with Gasteiger partial charge in [0.15, 0.2) is 0 Å². The average molecular weight is 316 g/mol. The maximum Gasteiger partial charge on any atom is 0.236 e. The molecule has 1 unspecified atom stereocenters. The minimum absolute atomic E-state index is 0.184. The highest BCUT2D eigenvalue weighted by molar-refractivity contribution is 5.78. The highest BCUT2D eigenvalue weighted by Gasteiger charge is 2.44. The first-order chi connectivity index (χ1) is 11.1. The molecule has 0 bridgehead atoms. The molecule has 2 saturated heterocycles. The molecule has 2 aliphatic heterocycles. The van der Waals surface area contributed by atoms with E-state index in [1.807, 2.05) is 31.4 Å². The van der Waals surface area contributed by atoms with Crippen LogP contribution in [0.25, 0.3) is 0 Å². The van der Waals surface area contributed by atoms with Gasteiger partial charge in [0.05, 0.1) is 6.54 Å². The van der Waals surface area contributed by atoms with Crippen LogP contribution in [0.1, 0.15) is 31.2 Å². The third kappa shape index (κ3) is 3.72. The van der Waals surface area contributed by atoms with E-state index < -0.39 is 0 Å². The minimum Gasteiger partial charge on any atom is -0.340 e. The number of pyridine rings is 1. The largest absolute Gasteiger partial charge is 0.340 e. The summed E-state index contributed by atoms with van der Waals surface area (Å²) >= 11 is 0. The van der Waals surface area contributed by atoms with Gasteiger partial charge in [0.1, 0.15) is 0 Å². The van der Waals surface area contributed by atoms with Crippen LogP contribution in [0.2, 0.25) is 0 Å². The molecular formula is C18H28N4O. The Hall–Kier alpha value is -1.46. The number of aromatic nitrogens is 1. The van der Waals surface area contributed by atoms with Crippen molar-refractivity contribution in [1.82, 2.24) is 19.7 Å². The van der Waals surface area contributed by atoms with Crippen molar-refractivity contribution in [3.8, 4) is 0 Å². The lowest BCUT2D eigenvalue weighted by Gasteiger charge is -2.46. The first-order valence-corrected chi connectivity index (χ1v) is 8.66. The van der Waals surface area contributed by atoms with E-state index in [9.17, 15) is 4.79 Å². The van der Waals surface area contributed by atoms with Gasteiger partial charge in [0.2, 0.25) is 5.91 Å². The summed E-state index contributed by atoms with van der Waals surface area (Å²) in [7, 11) is 3.92. The Labute approximate surface area is 139 Å². The van der Waals surface area contributed by atoms with Gasteiger partial charge in [-0.15, -0.1) is 0 Å². The third-order valence-electron chi connectivity index (χ3n) is 5.22. The molecule has 1 atom stereocenters. The van der Waals surface area contributed by atoms with Gasteiger partial charge in [0.25, 0.3) is 0 Å². The second-order valence-corrected chi connectivity index (χ2v) is 7.26. The summed E-state index contributed by atoms with van der Waals surface area (Å²) in [5.74, 6) is 0.268. The Balaban J connectivity index is 1.70. The maximum absolute atomic E-state index is 12.5. The molecule has 0 saturated carbocycles. The van der Waals surface area contributed by atoms with Crippen molar-refractivity contribution < 1.29 is 4.79 Å². The van der Waals surface area contributed by atoms with Gasteiger partial charge in [-0.2, -0.15) is 0 Å². The molecule has 3 rings (SSSR count). The molecule has 5 nitrogen and oxygen atoms in total. The number of carbonyl (C=O) groups is 1. The fourth-order valence-electron chi connectivity index (χ4n) is 4.11. The smallest absolute Gasteiger partial charge is 0.236 e. The number of piperidine rings is 1. The quantitative estimate of drug-likeness (QED) is 0.846. The van der Waals surface area contributed by atoms with Crippen LogP contribution >= 0.6 is 0 Å². The molecule has 3 heterocycles. The molecule has 1 spiro atoms. The molecule has 0 radical (unpaired) electrons. The van der Waals surface area contributed by atoms with Gasteiger partial charge in [-0.3, -0.25) is 14.7 Å².